The second-order valence-corrected chi connectivity index (χ2v) is 7.16. The molecule has 1 atom stereocenters. The molecule has 0 saturated heterocycles. The summed E-state index contributed by atoms with van der Waals surface area (Å²) in [6.07, 6.45) is 1.76. The molecule has 0 bridgehead atoms. The Labute approximate surface area is 159 Å². The number of nitrogens with one attached hydrogen (secondary N) is 1. The van der Waals surface area contributed by atoms with E-state index < -0.39 is 0 Å². The number of ether oxygens (including phenoxy) is 1. The fourth-order valence-corrected chi connectivity index (χ4v) is 3.22. The molecule has 2 heterocycles. The lowest BCUT2D eigenvalue weighted by Crippen LogP contribution is -2.28. The summed E-state index contributed by atoms with van der Waals surface area (Å²) in [5, 5.41) is 8.31. The highest BCUT2D eigenvalue weighted by Gasteiger charge is 2.19. The molecule has 1 unspecified atom stereocenters. The lowest BCUT2D eigenvalue weighted by Gasteiger charge is -2.18. The second kappa shape index (κ2) is 7.39. The number of amides is 1. The van der Waals surface area contributed by atoms with Gasteiger partial charge in [-0.3, -0.25) is 4.79 Å². The zero-order valence-electron chi connectivity index (χ0n) is 16.7. The molecule has 0 fully saturated rings. The average molecular weight is 366 g/mol. The van der Waals surface area contributed by atoms with Crippen molar-refractivity contribution in [3.63, 3.8) is 0 Å². The number of aromatic nitrogens is 3. The zero-order valence-corrected chi connectivity index (χ0v) is 16.7. The van der Waals surface area contributed by atoms with E-state index in [0.29, 0.717) is 11.3 Å². The van der Waals surface area contributed by atoms with E-state index in [9.17, 15) is 4.79 Å². The number of carbonyl (C=O) groups excluding carboxylic acids is 1. The molecule has 27 heavy (non-hydrogen) atoms. The van der Waals surface area contributed by atoms with Crippen LogP contribution >= 0.6 is 0 Å². The summed E-state index contributed by atoms with van der Waals surface area (Å²) in [6.45, 7) is 9.94. The lowest BCUT2D eigenvalue weighted by molar-refractivity contribution is 0.0938. The number of fused-ring (bicyclic) bond motifs is 1. The van der Waals surface area contributed by atoms with E-state index in [0.717, 1.165) is 27.9 Å². The van der Waals surface area contributed by atoms with Crippen LogP contribution in [-0.2, 0) is 0 Å². The highest BCUT2D eigenvalue weighted by molar-refractivity contribution is 5.98. The predicted molar refractivity (Wildman–Crippen MR) is 106 cm³/mol. The minimum atomic E-state index is -0.194. The highest BCUT2D eigenvalue weighted by atomic mass is 16.5. The maximum absolute atomic E-state index is 12.9. The Kier molecular flexibility index (Phi) is 5.17. The maximum Gasteiger partial charge on any atom is 0.253 e. The van der Waals surface area contributed by atoms with Crippen LogP contribution in [0.25, 0.3) is 11.0 Å². The van der Waals surface area contributed by atoms with Gasteiger partial charge in [-0.05, 0) is 46.8 Å². The first-order valence-corrected chi connectivity index (χ1v) is 9.12. The van der Waals surface area contributed by atoms with Gasteiger partial charge in [0.15, 0.2) is 5.65 Å². The van der Waals surface area contributed by atoms with Gasteiger partial charge in [-0.15, -0.1) is 0 Å². The summed E-state index contributed by atoms with van der Waals surface area (Å²) in [4.78, 5) is 17.5. The van der Waals surface area contributed by atoms with Crippen molar-refractivity contribution in [1.82, 2.24) is 20.1 Å². The molecule has 3 aromatic rings. The van der Waals surface area contributed by atoms with Gasteiger partial charge in [-0.1, -0.05) is 17.7 Å². The molecule has 1 amide bonds. The van der Waals surface area contributed by atoms with Gasteiger partial charge in [-0.2, -0.15) is 5.10 Å². The second-order valence-electron chi connectivity index (χ2n) is 7.16. The molecule has 1 aromatic carbocycles. The van der Waals surface area contributed by atoms with Gasteiger partial charge in [0, 0.05) is 17.0 Å². The van der Waals surface area contributed by atoms with Gasteiger partial charge >= 0.3 is 0 Å². The standard InChI is InChI=1S/C21H26N4O2/c1-12(2)25-20-16(11-22-25)10-18(15(5)23-20)21(26)24-14(4)17-9-13(3)7-8-19(17)27-6/h7-12,14H,1-6H3,(H,24,26). The third-order valence-corrected chi connectivity index (χ3v) is 4.69. The lowest BCUT2D eigenvalue weighted by atomic mass is 10.0. The minimum absolute atomic E-state index is 0.157. The van der Waals surface area contributed by atoms with Crippen molar-refractivity contribution in [3.05, 3.63) is 52.8 Å². The summed E-state index contributed by atoms with van der Waals surface area (Å²) in [5.74, 6) is 0.604. The van der Waals surface area contributed by atoms with Gasteiger partial charge in [0.25, 0.3) is 5.91 Å². The van der Waals surface area contributed by atoms with Crippen LogP contribution in [0.1, 0.15) is 60.0 Å². The molecule has 0 saturated carbocycles. The van der Waals surface area contributed by atoms with Crippen molar-refractivity contribution < 1.29 is 9.53 Å². The summed E-state index contributed by atoms with van der Waals surface area (Å²) in [6, 6.07) is 7.82. The largest absolute Gasteiger partial charge is 0.496 e. The number of hydrogen-bond acceptors (Lipinski definition) is 4. The van der Waals surface area contributed by atoms with Gasteiger partial charge in [0.1, 0.15) is 5.75 Å². The van der Waals surface area contributed by atoms with Crippen LogP contribution in [0.2, 0.25) is 0 Å². The Bertz CT molecular complexity index is 991. The van der Waals surface area contributed by atoms with Gasteiger partial charge in [-0.25, -0.2) is 9.67 Å². The molecule has 0 aliphatic carbocycles. The van der Waals surface area contributed by atoms with Crippen LogP contribution in [0.5, 0.6) is 5.75 Å². The number of nitrogens with zero attached hydrogens (tertiary/aromatic N) is 3. The number of aryl methyl sites for hydroxylation is 2. The Morgan fingerprint density at radius 2 is 1.93 bits per heavy atom. The molecule has 3 rings (SSSR count). The first kappa shape index (κ1) is 18.9. The number of rotatable bonds is 5. The Morgan fingerprint density at radius 3 is 2.59 bits per heavy atom. The first-order valence-electron chi connectivity index (χ1n) is 9.12. The molecule has 142 valence electrons. The van der Waals surface area contributed by atoms with Gasteiger partial charge in [0.05, 0.1) is 30.6 Å². The zero-order chi connectivity index (χ0) is 19.7. The highest BCUT2D eigenvalue weighted by Crippen LogP contribution is 2.27. The van der Waals surface area contributed by atoms with Crippen molar-refractivity contribution in [2.24, 2.45) is 0 Å². The molecule has 1 N–H and O–H groups in total. The maximum atomic E-state index is 12.9. The smallest absolute Gasteiger partial charge is 0.253 e. The third-order valence-electron chi connectivity index (χ3n) is 4.69. The van der Waals surface area contributed by atoms with E-state index >= 15 is 0 Å². The molecule has 2 aromatic heterocycles. The number of carbonyl (C=O) groups is 1. The van der Waals surface area contributed by atoms with E-state index in [-0.39, 0.29) is 18.0 Å². The van der Waals surface area contributed by atoms with Gasteiger partial charge in [0.2, 0.25) is 0 Å². The van der Waals surface area contributed by atoms with Crippen LogP contribution in [-0.4, -0.2) is 27.8 Å². The Morgan fingerprint density at radius 1 is 1.19 bits per heavy atom. The van der Waals surface area contributed by atoms with Crippen LogP contribution in [0, 0.1) is 13.8 Å². The molecule has 0 radical (unpaired) electrons. The minimum Gasteiger partial charge on any atom is -0.496 e. The topological polar surface area (TPSA) is 69.0 Å². The van der Waals surface area contributed by atoms with Crippen LogP contribution in [0.3, 0.4) is 0 Å². The predicted octanol–water partition coefficient (Wildman–Crippen LogP) is 4.13. The van der Waals surface area contributed by atoms with Crippen molar-refractivity contribution in [3.8, 4) is 5.75 Å². The third kappa shape index (κ3) is 3.65. The fourth-order valence-electron chi connectivity index (χ4n) is 3.22. The van der Waals surface area contributed by atoms with Gasteiger partial charge < -0.3 is 10.1 Å². The summed E-state index contributed by atoms with van der Waals surface area (Å²) >= 11 is 0. The van der Waals surface area contributed by atoms with Crippen molar-refractivity contribution >= 4 is 16.9 Å². The molecule has 6 nitrogen and oxygen atoms in total. The van der Waals surface area contributed by atoms with Crippen molar-refractivity contribution in [2.45, 2.75) is 46.7 Å². The van der Waals surface area contributed by atoms with E-state index in [2.05, 4.69) is 29.2 Å². The van der Waals surface area contributed by atoms with E-state index in [4.69, 9.17) is 4.74 Å². The van der Waals surface area contributed by atoms with Crippen LogP contribution < -0.4 is 10.1 Å². The van der Waals surface area contributed by atoms with Crippen molar-refractivity contribution in [1.29, 1.82) is 0 Å². The fraction of sp³-hybridized carbons (Fsp3) is 0.381. The summed E-state index contributed by atoms with van der Waals surface area (Å²) < 4.78 is 7.31. The first-order chi connectivity index (χ1) is 12.8. The molecule has 0 spiro atoms. The normalized spacial score (nSPS) is 12.4. The molecular formula is C21H26N4O2. The van der Waals surface area contributed by atoms with E-state index in [1.54, 1.807) is 13.3 Å². The summed E-state index contributed by atoms with van der Waals surface area (Å²) in [7, 11) is 1.64. The molecular weight excluding hydrogens is 340 g/mol. The molecule has 0 aliphatic heterocycles. The number of pyridine rings is 1. The van der Waals surface area contributed by atoms with Crippen LogP contribution in [0.15, 0.2) is 30.5 Å². The van der Waals surface area contributed by atoms with Crippen molar-refractivity contribution in [2.75, 3.05) is 7.11 Å². The SMILES string of the molecule is COc1ccc(C)cc1C(C)NC(=O)c1cc2cnn(C(C)C)c2nc1C. The molecule has 6 heteroatoms. The van der Waals surface area contributed by atoms with E-state index in [1.807, 2.05) is 49.7 Å². The van der Waals surface area contributed by atoms with Crippen LogP contribution in [0.4, 0.5) is 0 Å². The van der Waals surface area contributed by atoms with E-state index in [1.165, 1.54) is 0 Å². The average Bonchev–Trinajstić information content (AvgIpc) is 3.03. The number of hydrogen-bond donors (Lipinski definition) is 1. The Hall–Kier alpha value is -2.89. The molecule has 0 aliphatic rings. The summed E-state index contributed by atoms with van der Waals surface area (Å²) in [5.41, 5.74) is 4.11. The monoisotopic (exact) mass is 366 g/mol. The number of methoxy groups -OCH3 is 1. The Balaban J connectivity index is 1.90. The quantitative estimate of drug-likeness (QED) is 0.737. The number of benzene rings is 1.